The second-order valence-electron chi connectivity index (χ2n) is 13.0. The van der Waals surface area contributed by atoms with E-state index < -0.39 is 72.3 Å². The zero-order chi connectivity index (χ0) is 39.0. The Morgan fingerprint density at radius 3 is 2.24 bits per heavy atom. The molecule has 0 unspecified atom stereocenters. The standard InChI is InChI=1S/C40H38N2O12/c1-18-33(46)37(50)38(51)40(52-18)54-29-15-26-32(34(47)25(29)13-21-9-6-10-23(39(41)42)27(21)17-44)36(49)30-22(16-43)14-28(53-19(2)45)24(31(30)35(26)48)12-11-20-7-4-3-5-8-20/h3-12,14-15,17-18,33,37-40,43,46-47,50-51H,13,16,41-42H2,1-2H3/t18-,33-,37-,38-,40-/m1/s1. The van der Waals surface area contributed by atoms with Crippen molar-refractivity contribution in [1.29, 1.82) is 0 Å². The van der Waals surface area contributed by atoms with Crippen LogP contribution in [0.25, 0.3) is 12.2 Å². The summed E-state index contributed by atoms with van der Waals surface area (Å²) in [7, 11) is 0. The molecule has 5 atom stereocenters. The van der Waals surface area contributed by atoms with E-state index in [-0.39, 0.29) is 62.4 Å². The molecule has 1 heterocycles. The van der Waals surface area contributed by atoms with Crippen molar-refractivity contribution >= 4 is 36.0 Å². The molecule has 14 heteroatoms. The Kier molecular flexibility index (Phi) is 10.9. The average Bonchev–Trinajstić information content (AvgIpc) is 3.15. The lowest BCUT2D eigenvalue weighted by Crippen LogP contribution is -2.58. The molecule has 14 nitrogen and oxygen atoms in total. The first kappa shape index (κ1) is 38.2. The molecule has 0 radical (unpaired) electrons. The number of aliphatic hydroxyl groups is 4. The fourth-order valence-electron chi connectivity index (χ4n) is 6.77. The lowest BCUT2D eigenvalue weighted by molar-refractivity contribution is -0.268. The summed E-state index contributed by atoms with van der Waals surface area (Å²) in [4.78, 5) is 53.8. The van der Waals surface area contributed by atoms with E-state index in [9.17, 15) is 44.7 Å². The predicted octanol–water partition coefficient (Wildman–Crippen LogP) is 2.28. The number of aldehydes is 1. The summed E-state index contributed by atoms with van der Waals surface area (Å²) in [6, 6.07) is 16.1. The van der Waals surface area contributed by atoms with E-state index in [0.29, 0.717) is 17.4 Å². The number of benzene rings is 4. The average molecular weight is 739 g/mol. The van der Waals surface area contributed by atoms with Gasteiger partial charge in [0.05, 0.1) is 24.4 Å². The molecular formula is C40H38N2O12. The third-order valence-electron chi connectivity index (χ3n) is 9.49. The molecule has 280 valence electrons. The summed E-state index contributed by atoms with van der Waals surface area (Å²) in [5.41, 5.74) is 11.8. The van der Waals surface area contributed by atoms with Gasteiger partial charge in [-0.1, -0.05) is 54.6 Å². The summed E-state index contributed by atoms with van der Waals surface area (Å²) in [6.07, 6.45) is -5.35. The van der Waals surface area contributed by atoms with Crippen LogP contribution >= 0.6 is 0 Å². The Bertz CT molecular complexity index is 2180. The minimum atomic E-state index is -1.81. The van der Waals surface area contributed by atoms with Crippen molar-refractivity contribution in [2.45, 2.75) is 63.7 Å². The number of aromatic hydroxyl groups is 1. The van der Waals surface area contributed by atoms with Crippen LogP contribution in [0.5, 0.6) is 17.2 Å². The molecule has 1 aliphatic carbocycles. The van der Waals surface area contributed by atoms with Crippen molar-refractivity contribution in [2.75, 3.05) is 0 Å². The number of rotatable bonds is 10. The molecule has 2 aliphatic rings. The number of hydrogen-bond donors (Lipinski definition) is 7. The van der Waals surface area contributed by atoms with Crippen LogP contribution in [0.2, 0.25) is 0 Å². The lowest BCUT2D eigenvalue weighted by Gasteiger charge is -2.39. The van der Waals surface area contributed by atoms with Crippen LogP contribution in [0, 0.1) is 0 Å². The van der Waals surface area contributed by atoms with Gasteiger partial charge in [-0.25, -0.2) is 0 Å². The van der Waals surface area contributed by atoms with Crippen molar-refractivity contribution in [3.63, 3.8) is 0 Å². The van der Waals surface area contributed by atoms with E-state index in [1.807, 2.05) is 6.07 Å². The number of carbonyl (C=O) groups is 4. The topological polar surface area (TPSA) is 249 Å². The molecule has 0 saturated carbocycles. The van der Waals surface area contributed by atoms with E-state index in [0.717, 1.165) is 13.0 Å². The quantitative estimate of drug-likeness (QED) is 0.0357. The van der Waals surface area contributed by atoms with Crippen molar-refractivity contribution in [1.82, 2.24) is 0 Å². The maximum atomic E-state index is 14.7. The fourth-order valence-corrected chi connectivity index (χ4v) is 6.77. The highest BCUT2D eigenvalue weighted by molar-refractivity contribution is 6.31. The van der Waals surface area contributed by atoms with Gasteiger partial charge in [0.15, 0.2) is 17.9 Å². The van der Waals surface area contributed by atoms with Crippen LogP contribution in [0.15, 0.2) is 60.7 Å². The summed E-state index contributed by atoms with van der Waals surface area (Å²) >= 11 is 0. The Hall–Kier alpha value is -5.58. The molecular weight excluding hydrogens is 700 g/mol. The zero-order valence-electron chi connectivity index (χ0n) is 29.1. The molecule has 1 aliphatic heterocycles. The molecule has 4 aromatic rings. The number of esters is 1. The van der Waals surface area contributed by atoms with E-state index in [4.69, 9.17) is 25.7 Å². The Balaban J connectivity index is 1.59. The summed E-state index contributed by atoms with van der Waals surface area (Å²) in [5, 5.41) is 54.1. The SMILES string of the molecule is CC(=O)Oc1cc(CO)c2c(c1C=Cc1ccccc1)C(=O)c1cc(O[C@H]3O[C@H](C)[C@@H](O)[C@@H](O)[C@H]3O)c(Cc3cccc(C(N)N)c3C=O)c(O)c1C2=O. The molecule has 1 saturated heterocycles. The maximum absolute atomic E-state index is 14.7. The van der Waals surface area contributed by atoms with E-state index in [1.54, 1.807) is 48.5 Å². The number of hydrogen-bond acceptors (Lipinski definition) is 14. The predicted molar refractivity (Wildman–Crippen MR) is 193 cm³/mol. The molecule has 1 fully saturated rings. The largest absolute Gasteiger partial charge is 0.507 e. The molecule has 4 aromatic carbocycles. The maximum Gasteiger partial charge on any atom is 0.308 e. The van der Waals surface area contributed by atoms with Gasteiger partial charge in [0.1, 0.15) is 35.6 Å². The van der Waals surface area contributed by atoms with Crippen LogP contribution in [0.4, 0.5) is 0 Å². The number of nitrogens with two attached hydrogens (primary N) is 2. The first-order valence-electron chi connectivity index (χ1n) is 16.9. The molecule has 0 bridgehead atoms. The van der Waals surface area contributed by atoms with Gasteiger partial charge in [0.25, 0.3) is 0 Å². The van der Waals surface area contributed by atoms with Crippen molar-refractivity contribution in [3.8, 4) is 17.2 Å². The number of ether oxygens (including phenoxy) is 3. The number of fused-ring (bicyclic) bond motifs is 2. The highest BCUT2D eigenvalue weighted by Crippen LogP contribution is 2.45. The normalized spacial score (nSPS) is 20.9. The zero-order valence-corrected chi connectivity index (χ0v) is 29.1. The second kappa shape index (κ2) is 15.4. The molecule has 6 rings (SSSR count). The number of phenolic OH excluding ortho intramolecular Hbond substituents is 1. The Morgan fingerprint density at radius 2 is 1.59 bits per heavy atom. The number of ketones is 2. The monoisotopic (exact) mass is 738 g/mol. The molecule has 54 heavy (non-hydrogen) atoms. The van der Waals surface area contributed by atoms with Crippen LogP contribution in [0.1, 0.15) is 95.6 Å². The van der Waals surface area contributed by atoms with Gasteiger partial charge in [-0.15, -0.1) is 0 Å². The third-order valence-corrected chi connectivity index (χ3v) is 9.49. The van der Waals surface area contributed by atoms with Crippen LogP contribution in [0.3, 0.4) is 0 Å². The Morgan fingerprint density at radius 1 is 0.870 bits per heavy atom. The van der Waals surface area contributed by atoms with Gasteiger partial charge in [-0.3, -0.25) is 19.2 Å². The highest BCUT2D eigenvalue weighted by atomic mass is 16.7. The van der Waals surface area contributed by atoms with E-state index >= 15 is 0 Å². The van der Waals surface area contributed by atoms with Gasteiger partial charge >= 0.3 is 5.97 Å². The molecule has 9 N–H and O–H groups in total. The smallest absolute Gasteiger partial charge is 0.308 e. The fraction of sp³-hybridized carbons (Fsp3) is 0.250. The van der Waals surface area contributed by atoms with E-state index in [1.165, 1.54) is 19.1 Å². The second-order valence-corrected chi connectivity index (χ2v) is 13.0. The summed E-state index contributed by atoms with van der Waals surface area (Å²) in [5.74, 6) is -3.52. The first-order chi connectivity index (χ1) is 25.8. The number of carbonyl (C=O) groups excluding carboxylic acids is 4. The molecule has 0 spiro atoms. The highest BCUT2D eigenvalue weighted by Gasteiger charge is 2.44. The molecule has 0 amide bonds. The van der Waals surface area contributed by atoms with Crippen LogP contribution in [-0.4, -0.2) is 80.1 Å². The van der Waals surface area contributed by atoms with Crippen molar-refractivity contribution in [2.24, 2.45) is 11.5 Å². The van der Waals surface area contributed by atoms with Gasteiger partial charge in [0, 0.05) is 46.7 Å². The minimum absolute atomic E-state index is 0.0406. The first-order valence-corrected chi connectivity index (χ1v) is 16.9. The van der Waals surface area contributed by atoms with E-state index in [2.05, 4.69) is 0 Å². The molecule has 0 aromatic heterocycles. The third kappa shape index (κ3) is 6.95. The van der Waals surface area contributed by atoms with Gasteiger partial charge in [0.2, 0.25) is 6.29 Å². The lowest BCUT2D eigenvalue weighted by atomic mass is 9.77. The van der Waals surface area contributed by atoms with Gasteiger partial charge in [-0.2, -0.15) is 0 Å². The van der Waals surface area contributed by atoms with Crippen molar-refractivity contribution < 1.29 is 58.9 Å². The van der Waals surface area contributed by atoms with Gasteiger partial charge < -0.3 is 51.2 Å². The van der Waals surface area contributed by atoms with Crippen LogP contribution in [-0.2, 0) is 22.6 Å². The van der Waals surface area contributed by atoms with Crippen LogP contribution < -0.4 is 20.9 Å². The minimum Gasteiger partial charge on any atom is -0.507 e. The van der Waals surface area contributed by atoms with Gasteiger partial charge in [-0.05, 0) is 47.4 Å². The summed E-state index contributed by atoms with van der Waals surface area (Å²) in [6.45, 7) is 1.84. The Labute approximate surface area is 308 Å². The van der Waals surface area contributed by atoms with Crippen molar-refractivity contribution in [3.05, 3.63) is 122 Å². The number of aliphatic hydroxyl groups excluding tert-OH is 4. The summed E-state index contributed by atoms with van der Waals surface area (Å²) < 4.78 is 17.2. The number of phenols is 1.